The van der Waals surface area contributed by atoms with E-state index in [4.69, 9.17) is 0 Å². The van der Waals surface area contributed by atoms with Crippen molar-refractivity contribution in [2.45, 2.75) is 101 Å². The lowest BCUT2D eigenvalue weighted by atomic mass is 10.0. The zero-order valence-electron chi connectivity index (χ0n) is 16.2. The summed E-state index contributed by atoms with van der Waals surface area (Å²) in [5.74, 6) is 0. The molecule has 0 aliphatic heterocycles. The molecule has 150 valence electrons. The summed E-state index contributed by atoms with van der Waals surface area (Å²) in [5, 5.41) is 10.1. The van der Waals surface area contributed by atoms with Gasteiger partial charge in [0.25, 0.3) is 10.1 Å². The molecule has 1 atom stereocenters. The van der Waals surface area contributed by atoms with Gasteiger partial charge in [-0.3, -0.25) is 4.55 Å². The van der Waals surface area contributed by atoms with E-state index in [0.29, 0.717) is 24.8 Å². The highest BCUT2D eigenvalue weighted by Crippen LogP contribution is 2.19. The molecule has 0 radical (unpaired) electrons. The Hall–Kier alpha value is -0.910. The van der Waals surface area contributed by atoms with Crippen LogP contribution in [0.1, 0.15) is 89.5 Å². The van der Waals surface area contributed by atoms with Crippen molar-refractivity contribution >= 4 is 10.1 Å². The van der Waals surface area contributed by atoms with Gasteiger partial charge in [0.1, 0.15) is 0 Å². The summed E-state index contributed by atoms with van der Waals surface area (Å²) in [4.78, 5) is -0.0200. The number of hydrogen-bond acceptors (Lipinski definition) is 3. The van der Waals surface area contributed by atoms with Crippen LogP contribution < -0.4 is 0 Å². The maximum absolute atomic E-state index is 11.4. The van der Waals surface area contributed by atoms with Crippen LogP contribution in [-0.4, -0.2) is 24.2 Å². The van der Waals surface area contributed by atoms with Gasteiger partial charge in [-0.05, 0) is 37.3 Å². The lowest BCUT2D eigenvalue weighted by Crippen LogP contribution is -2.08. The largest absolute Gasteiger partial charge is 0.393 e. The van der Waals surface area contributed by atoms with Crippen molar-refractivity contribution in [3.8, 4) is 0 Å². The molecule has 26 heavy (non-hydrogen) atoms. The topological polar surface area (TPSA) is 74.6 Å². The number of aliphatic hydroxyl groups is 1. The monoisotopic (exact) mass is 384 g/mol. The predicted molar refractivity (Wildman–Crippen MR) is 107 cm³/mol. The van der Waals surface area contributed by atoms with E-state index < -0.39 is 10.1 Å². The quantitative estimate of drug-likeness (QED) is 0.308. The minimum absolute atomic E-state index is 0.0200. The van der Waals surface area contributed by atoms with Gasteiger partial charge in [0, 0.05) is 0 Å². The van der Waals surface area contributed by atoms with Gasteiger partial charge >= 0.3 is 0 Å². The van der Waals surface area contributed by atoms with Crippen LogP contribution in [0.2, 0.25) is 0 Å². The van der Waals surface area contributed by atoms with Crippen LogP contribution >= 0.6 is 0 Å². The van der Waals surface area contributed by atoms with E-state index in [-0.39, 0.29) is 11.0 Å². The molecule has 0 aromatic heterocycles. The summed E-state index contributed by atoms with van der Waals surface area (Å²) in [5.41, 5.74) is 0.616. The average molecular weight is 385 g/mol. The first-order valence-corrected chi connectivity index (χ1v) is 11.6. The molecule has 0 aliphatic rings. The summed E-state index contributed by atoms with van der Waals surface area (Å²) in [6.07, 6.45) is 13.9. The fraction of sp³-hybridized carbons (Fsp3) is 0.714. The normalized spacial score (nSPS) is 13.0. The van der Waals surface area contributed by atoms with E-state index in [0.717, 1.165) is 12.8 Å². The number of benzene rings is 1. The Morgan fingerprint density at radius 2 is 1.38 bits per heavy atom. The highest BCUT2D eigenvalue weighted by Gasteiger charge is 2.14. The molecule has 1 unspecified atom stereocenters. The third-order valence-electron chi connectivity index (χ3n) is 4.87. The number of unbranched alkanes of at least 4 members (excludes halogenated alkanes) is 8. The average Bonchev–Trinajstić information content (AvgIpc) is 2.60. The van der Waals surface area contributed by atoms with E-state index in [1.165, 1.54) is 57.4 Å². The molecule has 0 saturated heterocycles. The molecule has 0 saturated carbocycles. The first-order valence-electron chi connectivity index (χ1n) is 10.2. The summed E-state index contributed by atoms with van der Waals surface area (Å²) in [7, 11) is -4.18. The van der Waals surface area contributed by atoms with Gasteiger partial charge in [0.2, 0.25) is 0 Å². The van der Waals surface area contributed by atoms with Crippen molar-refractivity contribution in [3.63, 3.8) is 0 Å². The third kappa shape index (κ3) is 10.3. The number of aryl methyl sites for hydroxylation is 1. The molecule has 4 nitrogen and oxygen atoms in total. The highest BCUT2D eigenvalue weighted by molar-refractivity contribution is 7.85. The molecular weight excluding hydrogens is 348 g/mol. The Morgan fingerprint density at radius 3 is 2.00 bits per heavy atom. The smallest absolute Gasteiger partial charge is 0.294 e. The maximum atomic E-state index is 11.4. The Kier molecular flexibility index (Phi) is 11.8. The summed E-state index contributed by atoms with van der Waals surface area (Å²) in [6.45, 7) is 2.23. The van der Waals surface area contributed by atoms with Crippen molar-refractivity contribution in [1.29, 1.82) is 0 Å². The first-order chi connectivity index (χ1) is 12.4. The van der Waals surface area contributed by atoms with Crippen LogP contribution in [0.15, 0.2) is 29.2 Å². The molecule has 1 aromatic carbocycles. The number of aliphatic hydroxyl groups excluding tert-OH is 1. The van der Waals surface area contributed by atoms with Crippen LogP contribution in [0.4, 0.5) is 0 Å². The second-order valence-corrected chi connectivity index (χ2v) is 8.64. The fourth-order valence-corrected chi connectivity index (χ4v) is 4.08. The van der Waals surface area contributed by atoms with E-state index in [9.17, 15) is 18.1 Å². The Morgan fingerprint density at radius 1 is 0.846 bits per heavy atom. The molecule has 0 amide bonds. The molecule has 2 N–H and O–H groups in total. The molecule has 1 rings (SSSR count). The van der Waals surface area contributed by atoms with E-state index in [2.05, 4.69) is 6.92 Å². The number of hydrogen-bond donors (Lipinski definition) is 2. The van der Waals surface area contributed by atoms with Crippen molar-refractivity contribution < 1.29 is 18.1 Å². The minimum Gasteiger partial charge on any atom is -0.393 e. The van der Waals surface area contributed by atoms with Crippen LogP contribution in [0.5, 0.6) is 0 Å². The summed E-state index contributed by atoms with van der Waals surface area (Å²) >= 11 is 0. The van der Waals surface area contributed by atoms with Gasteiger partial charge in [0.05, 0.1) is 11.0 Å². The molecule has 5 heteroatoms. The molecule has 0 spiro atoms. The van der Waals surface area contributed by atoms with Crippen LogP contribution in [0.3, 0.4) is 0 Å². The van der Waals surface area contributed by atoms with Gasteiger partial charge in [0.15, 0.2) is 0 Å². The van der Waals surface area contributed by atoms with Gasteiger partial charge < -0.3 is 5.11 Å². The molecule has 0 fully saturated rings. The molecule has 0 heterocycles. The van der Waals surface area contributed by atoms with Gasteiger partial charge in [-0.25, -0.2) is 0 Å². The SMILES string of the molecule is CCCCCCCCCCCC(O)CCCc1ccccc1S(=O)(=O)O. The van der Waals surface area contributed by atoms with Crippen molar-refractivity contribution in [3.05, 3.63) is 29.8 Å². The fourth-order valence-electron chi connectivity index (χ4n) is 3.33. The zero-order valence-corrected chi connectivity index (χ0v) is 17.0. The lowest BCUT2D eigenvalue weighted by molar-refractivity contribution is 0.148. The summed E-state index contributed by atoms with van der Waals surface area (Å²) in [6, 6.07) is 6.51. The Balaban J connectivity index is 2.12. The summed E-state index contributed by atoms with van der Waals surface area (Å²) < 4.78 is 32.0. The molecule has 0 bridgehead atoms. The standard InChI is InChI=1S/C21H36O4S/c1-2-3-4-5-6-7-8-9-10-16-20(22)17-13-15-19-14-11-12-18-21(19)26(23,24)25/h11-12,14,18,20,22H,2-10,13,15-17H2,1H3,(H,23,24,25). The first kappa shape index (κ1) is 23.1. The second-order valence-electron chi connectivity index (χ2n) is 7.25. The van der Waals surface area contributed by atoms with Crippen molar-refractivity contribution in [2.75, 3.05) is 0 Å². The lowest BCUT2D eigenvalue weighted by Gasteiger charge is -2.11. The Bertz CT molecular complexity index is 583. The Labute approximate surface area is 159 Å². The van der Waals surface area contributed by atoms with E-state index in [1.54, 1.807) is 18.2 Å². The van der Waals surface area contributed by atoms with Crippen LogP contribution in [0, 0.1) is 0 Å². The molecule has 1 aromatic rings. The second kappa shape index (κ2) is 13.3. The van der Waals surface area contributed by atoms with E-state index in [1.807, 2.05) is 0 Å². The predicted octanol–water partition coefficient (Wildman–Crippen LogP) is 5.54. The van der Waals surface area contributed by atoms with Crippen LogP contribution in [-0.2, 0) is 16.5 Å². The maximum Gasteiger partial charge on any atom is 0.294 e. The third-order valence-corrected chi connectivity index (χ3v) is 5.83. The van der Waals surface area contributed by atoms with Crippen LogP contribution in [0.25, 0.3) is 0 Å². The molecular formula is C21H36O4S. The molecule has 0 aliphatic carbocycles. The number of rotatable bonds is 15. The van der Waals surface area contributed by atoms with Gasteiger partial charge in [-0.15, -0.1) is 0 Å². The van der Waals surface area contributed by atoms with Crippen molar-refractivity contribution in [2.24, 2.45) is 0 Å². The van der Waals surface area contributed by atoms with E-state index >= 15 is 0 Å². The van der Waals surface area contributed by atoms with Crippen molar-refractivity contribution in [1.82, 2.24) is 0 Å². The zero-order chi connectivity index (χ0) is 19.3. The van der Waals surface area contributed by atoms with Gasteiger partial charge in [-0.2, -0.15) is 8.42 Å². The highest BCUT2D eigenvalue weighted by atomic mass is 32.2. The van der Waals surface area contributed by atoms with Gasteiger partial charge in [-0.1, -0.05) is 82.9 Å². The minimum atomic E-state index is -4.18.